The lowest BCUT2D eigenvalue weighted by Crippen LogP contribution is -2.32. The maximum atomic E-state index is 3.50. The van der Waals surface area contributed by atoms with Crippen LogP contribution in [0.2, 0.25) is 0 Å². The van der Waals surface area contributed by atoms with Gasteiger partial charge >= 0.3 is 0 Å². The number of hydrogen-bond donors (Lipinski definition) is 0. The molecule has 1 heteroatoms. The van der Waals surface area contributed by atoms with Gasteiger partial charge in [0.1, 0.15) is 0 Å². The average molecular weight is 483 g/mol. The Hall–Kier alpha value is 0.430. The van der Waals surface area contributed by atoms with Crippen molar-refractivity contribution in [2.75, 3.05) is 0 Å². The molecule has 0 heterocycles. The number of rotatable bonds is 27. The van der Waals surface area contributed by atoms with Gasteiger partial charge in [0.25, 0.3) is 0 Å². The van der Waals surface area contributed by atoms with Gasteiger partial charge in [-0.05, 0) is 36.8 Å². The molecule has 0 spiro atoms. The fourth-order valence-electron chi connectivity index (χ4n) is 5.71. The van der Waals surface area contributed by atoms with Crippen LogP contribution in [0.5, 0.6) is 0 Å². The summed E-state index contributed by atoms with van der Waals surface area (Å²) in [6.45, 7) is 9.35. The van der Waals surface area contributed by atoms with E-state index in [4.69, 9.17) is 0 Å². The van der Waals surface area contributed by atoms with E-state index in [1.54, 1.807) is 0 Å². The Kier molecular flexibility index (Phi) is 25.9. The molecule has 0 aromatic rings. The van der Waals surface area contributed by atoms with Gasteiger partial charge in [0.15, 0.2) is 0 Å². The molecular weight excluding hydrogens is 415 g/mol. The molecule has 2 atom stereocenters. The summed E-state index contributed by atoms with van der Waals surface area (Å²) in [5, 5.41) is 0.519. The second-order valence-corrected chi connectivity index (χ2v) is 12.5. The molecule has 0 aliphatic carbocycles. The zero-order valence-electron chi connectivity index (χ0n) is 24.0. The van der Waals surface area contributed by atoms with Crippen molar-refractivity contribution < 1.29 is 0 Å². The van der Waals surface area contributed by atoms with Gasteiger partial charge in [-0.2, -0.15) is 0 Å². The van der Waals surface area contributed by atoms with E-state index in [0.717, 1.165) is 5.92 Å². The maximum Gasteiger partial charge on any atom is -0.0122 e. The molecule has 0 nitrogen and oxygen atoms in total. The lowest BCUT2D eigenvalue weighted by molar-refractivity contribution is 0.269. The quantitative estimate of drug-likeness (QED) is 0.0806. The standard InChI is InChI=1S/C32H67P/c1-5-9-13-17-18-20-24-28-31(27-23-19-14-10-6-2)32(33,29-25-21-15-11-7-3)30-26-22-16-12-8-4/h31H,5-30,33H2,1-4H3. The van der Waals surface area contributed by atoms with E-state index in [1.807, 2.05) is 0 Å². The van der Waals surface area contributed by atoms with E-state index in [2.05, 4.69) is 36.9 Å². The van der Waals surface area contributed by atoms with Crippen LogP contribution in [0.3, 0.4) is 0 Å². The van der Waals surface area contributed by atoms with Gasteiger partial charge in [-0.1, -0.05) is 169 Å². The fourth-order valence-corrected chi connectivity index (χ4v) is 6.45. The normalized spacial score (nSPS) is 13.0. The van der Waals surface area contributed by atoms with Crippen molar-refractivity contribution in [3.8, 4) is 0 Å². The third kappa shape index (κ3) is 20.3. The van der Waals surface area contributed by atoms with Crippen molar-refractivity contribution in [3.63, 3.8) is 0 Å². The zero-order chi connectivity index (χ0) is 24.5. The van der Waals surface area contributed by atoms with E-state index < -0.39 is 0 Å². The maximum absolute atomic E-state index is 3.50. The Morgan fingerprint density at radius 3 is 1.00 bits per heavy atom. The van der Waals surface area contributed by atoms with Crippen LogP contribution in [-0.2, 0) is 0 Å². The molecule has 0 saturated carbocycles. The minimum Gasteiger partial charge on any atom is -0.131 e. The fraction of sp³-hybridized carbons (Fsp3) is 1.00. The van der Waals surface area contributed by atoms with Gasteiger partial charge in [-0.25, -0.2) is 0 Å². The summed E-state index contributed by atoms with van der Waals surface area (Å²) >= 11 is 0. The second-order valence-electron chi connectivity index (χ2n) is 11.4. The first kappa shape index (κ1) is 33.4. The van der Waals surface area contributed by atoms with Crippen LogP contribution in [0.1, 0.15) is 195 Å². The van der Waals surface area contributed by atoms with Crippen molar-refractivity contribution in [3.05, 3.63) is 0 Å². The zero-order valence-corrected chi connectivity index (χ0v) is 25.2. The molecule has 33 heavy (non-hydrogen) atoms. The van der Waals surface area contributed by atoms with Crippen molar-refractivity contribution in [2.24, 2.45) is 5.92 Å². The van der Waals surface area contributed by atoms with Crippen LogP contribution in [0.4, 0.5) is 0 Å². The summed E-state index contributed by atoms with van der Waals surface area (Å²) in [5.74, 6) is 0.942. The van der Waals surface area contributed by atoms with Gasteiger partial charge in [0, 0.05) is 0 Å². The highest BCUT2D eigenvalue weighted by Gasteiger charge is 2.32. The number of hydrogen-bond acceptors (Lipinski definition) is 0. The van der Waals surface area contributed by atoms with E-state index in [-0.39, 0.29) is 0 Å². The van der Waals surface area contributed by atoms with Crippen LogP contribution in [-0.4, -0.2) is 5.16 Å². The molecule has 2 unspecified atom stereocenters. The summed E-state index contributed by atoms with van der Waals surface area (Å²) in [4.78, 5) is 0. The summed E-state index contributed by atoms with van der Waals surface area (Å²) in [7, 11) is 3.50. The molecular formula is C32H67P. The first-order chi connectivity index (χ1) is 16.1. The van der Waals surface area contributed by atoms with E-state index in [1.165, 1.54) is 167 Å². The molecule has 0 aliphatic rings. The molecule has 0 N–H and O–H groups in total. The van der Waals surface area contributed by atoms with Crippen LogP contribution < -0.4 is 0 Å². The summed E-state index contributed by atoms with van der Waals surface area (Å²) in [5.41, 5.74) is 0. The van der Waals surface area contributed by atoms with Crippen LogP contribution in [0.15, 0.2) is 0 Å². The average Bonchev–Trinajstić information content (AvgIpc) is 2.81. The van der Waals surface area contributed by atoms with Crippen molar-refractivity contribution in [1.82, 2.24) is 0 Å². The minimum absolute atomic E-state index is 0.519. The highest BCUT2D eigenvalue weighted by Crippen LogP contribution is 2.44. The summed E-state index contributed by atoms with van der Waals surface area (Å²) in [6.07, 6.45) is 37.6. The largest absolute Gasteiger partial charge is 0.131 e. The Bertz CT molecular complexity index is 350. The first-order valence-corrected chi connectivity index (χ1v) is 16.5. The molecule has 0 fully saturated rings. The Morgan fingerprint density at radius 2 is 0.667 bits per heavy atom. The predicted octanol–water partition coefficient (Wildman–Crippen LogP) is 12.4. The van der Waals surface area contributed by atoms with Gasteiger partial charge in [0.2, 0.25) is 0 Å². The molecule has 200 valence electrons. The van der Waals surface area contributed by atoms with E-state index in [9.17, 15) is 0 Å². The lowest BCUT2D eigenvalue weighted by Gasteiger charge is -2.39. The lowest BCUT2D eigenvalue weighted by atomic mass is 9.77. The van der Waals surface area contributed by atoms with Crippen molar-refractivity contribution in [1.29, 1.82) is 0 Å². The summed E-state index contributed by atoms with van der Waals surface area (Å²) in [6, 6.07) is 0. The first-order valence-electron chi connectivity index (χ1n) is 15.9. The highest BCUT2D eigenvalue weighted by molar-refractivity contribution is 7.19. The SMILES string of the molecule is CCCCCCCCCC(CCCCCCC)C(P)(CCCCCCC)CCCCCCC. The monoisotopic (exact) mass is 482 g/mol. The van der Waals surface area contributed by atoms with Crippen molar-refractivity contribution in [2.45, 2.75) is 200 Å². The van der Waals surface area contributed by atoms with Crippen molar-refractivity contribution >= 4 is 9.24 Å². The predicted molar refractivity (Wildman–Crippen MR) is 159 cm³/mol. The van der Waals surface area contributed by atoms with Gasteiger partial charge < -0.3 is 0 Å². The van der Waals surface area contributed by atoms with Crippen LogP contribution in [0, 0.1) is 5.92 Å². The molecule has 0 amide bonds. The minimum atomic E-state index is 0.519. The van der Waals surface area contributed by atoms with Crippen LogP contribution in [0.25, 0.3) is 0 Å². The molecule has 0 aromatic carbocycles. The topological polar surface area (TPSA) is 0 Å². The molecule has 0 bridgehead atoms. The Balaban J connectivity index is 4.85. The highest BCUT2D eigenvalue weighted by atomic mass is 31.0. The third-order valence-corrected chi connectivity index (χ3v) is 9.17. The molecule has 0 aliphatic heterocycles. The molecule has 0 saturated heterocycles. The third-order valence-electron chi connectivity index (χ3n) is 8.12. The van der Waals surface area contributed by atoms with E-state index >= 15 is 0 Å². The smallest absolute Gasteiger partial charge is 0.0122 e. The molecule has 0 aromatic heterocycles. The van der Waals surface area contributed by atoms with Gasteiger partial charge in [-0.15, -0.1) is 9.24 Å². The van der Waals surface area contributed by atoms with Crippen LogP contribution >= 0.6 is 9.24 Å². The number of unbranched alkanes of at least 4 members (excludes halogenated alkanes) is 18. The Labute approximate surface area is 214 Å². The molecule has 0 radical (unpaired) electrons. The van der Waals surface area contributed by atoms with E-state index in [0.29, 0.717) is 5.16 Å². The summed E-state index contributed by atoms with van der Waals surface area (Å²) < 4.78 is 0. The Morgan fingerprint density at radius 1 is 0.394 bits per heavy atom. The second kappa shape index (κ2) is 25.5. The molecule has 0 rings (SSSR count). The van der Waals surface area contributed by atoms with Gasteiger partial charge in [0.05, 0.1) is 0 Å². The van der Waals surface area contributed by atoms with Gasteiger partial charge in [-0.3, -0.25) is 0 Å².